The van der Waals surface area contributed by atoms with Gasteiger partial charge in [0, 0.05) is 32.7 Å². The summed E-state index contributed by atoms with van der Waals surface area (Å²) >= 11 is 0. The first-order valence-electron chi connectivity index (χ1n) is 11.1. The number of halogens is 1. The summed E-state index contributed by atoms with van der Waals surface area (Å²) in [4.78, 5) is 17.2. The Kier molecular flexibility index (Phi) is 7.05. The van der Waals surface area contributed by atoms with Crippen LogP contribution in [0.5, 0.6) is 5.75 Å². The van der Waals surface area contributed by atoms with Crippen LogP contribution < -0.4 is 10.1 Å². The highest BCUT2D eigenvalue weighted by Gasteiger charge is 2.21. The van der Waals surface area contributed by atoms with Crippen LogP contribution in [-0.2, 0) is 11.3 Å². The molecule has 0 unspecified atom stereocenters. The number of anilines is 1. The van der Waals surface area contributed by atoms with Crippen LogP contribution >= 0.6 is 0 Å². The maximum absolute atomic E-state index is 13.9. The average Bonchev–Trinajstić information content (AvgIpc) is 3.09. The zero-order valence-electron chi connectivity index (χ0n) is 19.3. The van der Waals surface area contributed by atoms with Gasteiger partial charge in [-0.15, -0.1) is 0 Å². The molecule has 33 heavy (non-hydrogen) atoms. The van der Waals surface area contributed by atoms with Crippen molar-refractivity contribution < 1.29 is 13.9 Å². The highest BCUT2D eigenvalue weighted by molar-refractivity contribution is 5.93. The number of aryl methyl sites for hydroxylation is 1. The number of aromatic nitrogens is 2. The molecule has 1 fully saturated rings. The molecule has 7 nitrogen and oxygen atoms in total. The monoisotopic (exact) mass is 451 g/mol. The zero-order valence-corrected chi connectivity index (χ0v) is 19.3. The van der Waals surface area contributed by atoms with Crippen molar-refractivity contribution in [3.63, 3.8) is 0 Å². The second-order valence-electron chi connectivity index (χ2n) is 8.36. The molecule has 8 heteroatoms. The molecule has 0 atom stereocenters. The van der Waals surface area contributed by atoms with Gasteiger partial charge in [-0.05, 0) is 43.7 Å². The molecule has 3 aromatic rings. The molecule has 1 N–H and O–H groups in total. The number of rotatable bonds is 7. The molecular weight excluding hydrogens is 421 g/mol. The van der Waals surface area contributed by atoms with Crippen LogP contribution in [0.1, 0.15) is 17.0 Å². The van der Waals surface area contributed by atoms with Crippen molar-refractivity contribution in [3.05, 3.63) is 71.3 Å². The molecule has 1 aromatic heterocycles. The van der Waals surface area contributed by atoms with E-state index in [4.69, 9.17) is 4.74 Å². The Morgan fingerprint density at radius 3 is 2.42 bits per heavy atom. The van der Waals surface area contributed by atoms with Gasteiger partial charge in [0.25, 0.3) is 0 Å². The number of para-hydroxylation sites is 1. The molecule has 0 spiro atoms. The SMILES string of the molecule is COc1ccc(CN2CCN(CC(=O)Nc3c(C)nn(-c4ccccc4)c3C)CC2)cc1F. The van der Waals surface area contributed by atoms with Crippen LogP contribution in [0.15, 0.2) is 48.5 Å². The van der Waals surface area contributed by atoms with Crippen LogP contribution in [-0.4, -0.2) is 65.3 Å². The normalized spacial score (nSPS) is 14.9. The Hall–Kier alpha value is -3.23. The van der Waals surface area contributed by atoms with E-state index in [-0.39, 0.29) is 17.5 Å². The molecule has 0 aliphatic carbocycles. The summed E-state index contributed by atoms with van der Waals surface area (Å²) < 4.78 is 20.8. The van der Waals surface area contributed by atoms with Crippen LogP contribution in [0.3, 0.4) is 0 Å². The summed E-state index contributed by atoms with van der Waals surface area (Å²) in [5, 5.41) is 7.65. The number of carbonyl (C=O) groups is 1. The molecule has 0 saturated carbocycles. The predicted octanol–water partition coefficient (Wildman–Crippen LogP) is 3.39. The highest BCUT2D eigenvalue weighted by Crippen LogP contribution is 2.23. The van der Waals surface area contributed by atoms with E-state index in [1.54, 1.807) is 6.07 Å². The summed E-state index contributed by atoms with van der Waals surface area (Å²) in [6, 6.07) is 15.0. The Bertz CT molecular complexity index is 1110. The number of hydrogen-bond acceptors (Lipinski definition) is 5. The fourth-order valence-electron chi connectivity index (χ4n) is 4.20. The number of benzene rings is 2. The quantitative estimate of drug-likeness (QED) is 0.597. The Labute approximate surface area is 193 Å². The van der Waals surface area contributed by atoms with Crippen LogP contribution in [0, 0.1) is 19.7 Å². The largest absolute Gasteiger partial charge is 0.494 e. The topological polar surface area (TPSA) is 62.6 Å². The van der Waals surface area contributed by atoms with Gasteiger partial charge in [0.2, 0.25) is 5.91 Å². The molecule has 1 saturated heterocycles. The van der Waals surface area contributed by atoms with Gasteiger partial charge in [0.1, 0.15) is 0 Å². The van der Waals surface area contributed by atoms with Gasteiger partial charge in [-0.2, -0.15) is 5.10 Å². The lowest BCUT2D eigenvalue weighted by Crippen LogP contribution is -2.48. The van der Waals surface area contributed by atoms with E-state index in [1.807, 2.05) is 54.9 Å². The minimum Gasteiger partial charge on any atom is -0.494 e. The molecule has 0 radical (unpaired) electrons. The van der Waals surface area contributed by atoms with Crippen molar-refractivity contribution in [2.75, 3.05) is 45.2 Å². The number of methoxy groups -OCH3 is 1. The molecule has 2 aromatic carbocycles. The van der Waals surface area contributed by atoms with Crippen LogP contribution in [0.4, 0.5) is 10.1 Å². The second kappa shape index (κ2) is 10.1. The van der Waals surface area contributed by atoms with Crippen LogP contribution in [0.25, 0.3) is 5.69 Å². The third-order valence-corrected chi connectivity index (χ3v) is 6.01. The smallest absolute Gasteiger partial charge is 0.238 e. The molecule has 0 bridgehead atoms. The van der Waals surface area contributed by atoms with E-state index in [2.05, 4.69) is 20.2 Å². The molecule has 2 heterocycles. The summed E-state index contributed by atoms with van der Waals surface area (Å²) in [6.45, 7) is 8.10. The van der Waals surface area contributed by atoms with Crippen molar-refractivity contribution in [2.24, 2.45) is 0 Å². The third kappa shape index (κ3) is 5.40. The van der Waals surface area contributed by atoms with Crippen molar-refractivity contribution in [1.29, 1.82) is 0 Å². The second-order valence-corrected chi connectivity index (χ2v) is 8.36. The van der Waals surface area contributed by atoms with Gasteiger partial charge in [-0.1, -0.05) is 24.3 Å². The lowest BCUT2D eigenvalue weighted by Gasteiger charge is -2.34. The minimum atomic E-state index is -0.341. The lowest BCUT2D eigenvalue weighted by atomic mass is 10.2. The average molecular weight is 452 g/mol. The van der Waals surface area contributed by atoms with Crippen molar-refractivity contribution in [3.8, 4) is 11.4 Å². The third-order valence-electron chi connectivity index (χ3n) is 6.01. The Morgan fingerprint density at radius 1 is 1.06 bits per heavy atom. The number of carbonyl (C=O) groups excluding carboxylic acids is 1. The first-order chi connectivity index (χ1) is 15.9. The van der Waals surface area contributed by atoms with Gasteiger partial charge >= 0.3 is 0 Å². The fourth-order valence-corrected chi connectivity index (χ4v) is 4.20. The summed E-state index contributed by atoms with van der Waals surface area (Å²) in [5.41, 5.74) is 4.35. The number of nitrogens with zero attached hydrogens (tertiary/aromatic N) is 4. The molecule has 174 valence electrons. The summed E-state index contributed by atoms with van der Waals surface area (Å²) in [5.74, 6) is -0.125. The first kappa shape index (κ1) is 22.9. The van der Waals surface area contributed by atoms with Gasteiger partial charge in [0.05, 0.1) is 36.4 Å². The maximum atomic E-state index is 13.9. The van der Waals surface area contributed by atoms with Crippen molar-refractivity contribution in [1.82, 2.24) is 19.6 Å². The molecule has 1 amide bonds. The van der Waals surface area contributed by atoms with E-state index in [0.717, 1.165) is 54.5 Å². The van der Waals surface area contributed by atoms with Gasteiger partial charge in [-0.3, -0.25) is 14.6 Å². The molecule has 1 aliphatic rings. The Morgan fingerprint density at radius 2 is 1.76 bits per heavy atom. The molecule has 1 aliphatic heterocycles. The summed E-state index contributed by atoms with van der Waals surface area (Å²) in [6.07, 6.45) is 0. The predicted molar refractivity (Wildman–Crippen MR) is 126 cm³/mol. The number of ether oxygens (including phenoxy) is 1. The van der Waals surface area contributed by atoms with E-state index >= 15 is 0 Å². The van der Waals surface area contributed by atoms with E-state index in [9.17, 15) is 9.18 Å². The van der Waals surface area contributed by atoms with Gasteiger partial charge in [-0.25, -0.2) is 9.07 Å². The van der Waals surface area contributed by atoms with Crippen molar-refractivity contribution in [2.45, 2.75) is 20.4 Å². The number of piperazine rings is 1. The highest BCUT2D eigenvalue weighted by atomic mass is 19.1. The van der Waals surface area contributed by atoms with E-state index in [0.29, 0.717) is 13.1 Å². The van der Waals surface area contributed by atoms with Crippen LogP contribution in [0.2, 0.25) is 0 Å². The lowest BCUT2D eigenvalue weighted by molar-refractivity contribution is -0.117. The van der Waals surface area contributed by atoms with Crippen molar-refractivity contribution >= 4 is 11.6 Å². The maximum Gasteiger partial charge on any atom is 0.238 e. The standard InChI is InChI=1S/C25H30FN5O2/c1-18-25(19(2)31(28-18)21-7-5-4-6-8-21)27-24(32)17-30-13-11-29(12-14-30)16-20-9-10-23(33-3)22(26)15-20/h4-10,15H,11-14,16-17H2,1-3H3,(H,27,32). The fraction of sp³-hybridized carbons (Fsp3) is 0.360. The van der Waals surface area contributed by atoms with E-state index in [1.165, 1.54) is 13.2 Å². The molecular formula is C25H30FN5O2. The van der Waals surface area contributed by atoms with Gasteiger partial charge in [0.15, 0.2) is 11.6 Å². The first-order valence-corrected chi connectivity index (χ1v) is 11.1. The Balaban J connectivity index is 1.29. The summed E-state index contributed by atoms with van der Waals surface area (Å²) in [7, 11) is 1.46. The van der Waals surface area contributed by atoms with E-state index < -0.39 is 0 Å². The molecule has 4 rings (SSSR count). The number of amides is 1. The minimum absolute atomic E-state index is 0.0421. The number of hydrogen-bond donors (Lipinski definition) is 1. The zero-order chi connectivity index (χ0) is 23.4. The van der Waals surface area contributed by atoms with Gasteiger partial charge < -0.3 is 10.1 Å². The number of nitrogens with one attached hydrogen (secondary N) is 1.